The van der Waals surface area contributed by atoms with E-state index in [0.29, 0.717) is 40.1 Å². The molecule has 9 rings (SSSR count). The monoisotopic (exact) mass is 746 g/mol. The number of amides is 1. The molecule has 2 bridgehead atoms. The molecule has 4 aromatic rings. The number of carbonyl (C=O) groups excluding carboxylic acids is 1. The lowest BCUT2D eigenvalue weighted by molar-refractivity contribution is -0.123. The van der Waals surface area contributed by atoms with Crippen molar-refractivity contribution in [3.63, 3.8) is 0 Å². The minimum absolute atomic E-state index is 0.0282. The molecule has 1 amide bonds. The summed E-state index contributed by atoms with van der Waals surface area (Å²) in [4.78, 5) is 33.0. The van der Waals surface area contributed by atoms with E-state index >= 15 is 8.78 Å². The number of carbonyl (C=O) groups is 1. The van der Waals surface area contributed by atoms with E-state index in [-0.39, 0.29) is 53.5 Å². The third-order valence-corrected chi connectivity index (χ3v) is 12.9. The maximum atomic E-state index is 15.7. The van der Waals surface area contributed by atoms with Crippen molar-refractivity contribution in [3.05, 3.63) is 59.2 Å². The van der Waals surface area contributed by atoms with Crippen molar-refractivity contribution in [2.75, 3.05) is 16.8 Å². The van der Waals surface area contributed by atoms with Crippen molar-refractivity contribution in [2.24, 2.45) is 5.92 Å². The maximum Gasteiger partial charge on any atom is 0.256 e. The zero-order valence-electron chi connectivity index (χ0n) is 31.1. The molecule has 0 spiro atoms. The Bertz CT molecular complexity index is 2180. The molecular weight excluding hydrogens is 700 g/mol. The zero-order valence-corrected chi connectivity index (χ0v) is 31.1. The molecule has 3 aromatic heterocycles. The second-order valence-corrected chi connectivity index (χ2v) is 17.1. The molecule has 1 unspecified atom stereocenters. The van der Waals surface area contributed by atoms with Crippen molar-refractivity contribution < 1.29 is 27.5 Å². The number of nitrogens with one attached hydrogen (secondary N) is 2. The summed E-state index contributed by atoms with van der Waals surface area (Å²) in [5.74, 6) is -1.41. The zero-order chi connectivity index (χ0) is 38.0. The minimum atomic E-state index is -2.73. The number of likely N-dealkylation sites (tertiary alicyclic amines) is 1. The molecule has 4 fully saturated rings. The van der Waals surface area contributed by atoms with Crippen molar-refractivity contribution in [3.8, 4) is 11.3 Å². The molecule has 14 heteroatoms. The van der Waals surface area contributed by atoms with Crippen molar-refractivity contribution in [2.45, 2.75) is 127 Å². The van der Waals surface area contributed by atoms with Gasteiger partial charge in [-0.3, -0.25) is 20.0 Å². The van der Waals surface area contributed by atoms with Crippen molar-refractivity contribution in [1.82, 2.24) is 29.7 Å². The number of nitrogens with zero attached hydrogens (tertiary/aromatic N) is 6. The Balaban J connectivity index is 1.07. The Morgan fingerprint density at radius 2 is 1.74 bits per heavy atom. The molecule has 0 radical (unpaired) electrons. The Labute approximate surface area is 311 Å². The van der Waals surface area contributed by atoms with Crippen LogP contribution in [0.15, 0.2) is 30.7 Å². The van der Waals surface area contributed by atoms with E-state index < -0.39 is 35.2 Å². The molecule has 10 nitrogen and oxygen atoms in total. The predicted molar refractivity (Wildman–Crippen MR) is 197 cm³/mol. The van der Waals surface area contributed by atoms with Gasteiger partial charge in [0.15, 0.2) is 17.5 Å². The number of halogens is 4. The number of fused-ring (bicyclic) bond motifs is 4. The molecule has 1 saturated heterocycles. The quantitative estimate of drug-likeness (QED) is 0.114. The number of hydrogen-bond donors (Lipinski definition) is 3. The highest BCUT2D eigenvalue weighted by atomic mass is 19.3. The summed E-state index contributed by atoms with van der Waals surface area (Å²) in [6, 6.07) is 6.14. The highest BCUT2D eigenvalue weighted by Gasteiger charge is 2.54. The first-order valence-corrected chi connectivity index (χ1v) is 19.1. The van der Waals surface area contributed by atoms with Crippen LogP contribution >= 0.6 is 0 Å². The summed E-state index contributed by atoms with van der Waals surface area (Å²) in [6.45, 7) is 10.2. The van der Waals surface area contributed by atoms with E-state index in [1.165, 1.54) is 32.3 Å². The van der Waals surface area contributed by atoms with E-state index in [9.17, 15) is 18.7 Å². The van der Waals surface area contributed by atoms with Gasteiger partial charge in [0.05, 0.1) is 45.6 Å². The van der Waals surface area contributed by atoms with Gasteiger partial charge in [-0.2, -0.15) is 0 Å². The number of aliphatic hydroxyl groups is 1. The Morgan fingerprint density at radius 3 is 2.39 bits per heavy atom. The van der Waals surface area contributed by atoms with E-state index in [1.807, 2.05) is 43.2 Å². The highest BCUT2D eigenvalue weighted by molar-refractivity contribution is 6.08. The van der Waals surface area contributed by atoms with Crippen LogP contribution < -0.4 is 15.5 Å². The third kappa shape index (κ3) is 5.45. The molecule has 5 heterocycles. The summed E-state index contributed by atoms with van der Waals surface area (Å²) in [7, 11) is 0. The number of rotatable bonds is 10. The van der Waals surface area contributed by atoms with E-state index in [1.54, 1.807) is 18.6 Å². The van der Waals surface area contributed by atoms with Gasteiger partial charge in [-0.05, 0) is 109 Å². The van der Waals surface area contributed by atoms with Crippen LogP contribution in [0.25, 0.3) is 22.3 Å². The summed E-state index contributed by atoms with van der Waals surface area (Å²) in [5, 5.41) is 16.5. The molecule has 1 aromatic carbocycles. The van der Waals surface area contributed by atoms with Crippen LogP contribution in [-0.4, -0.2) is 72.1 Å². The number of pyridine rings is 2. The molecule has 3 aliphatic carbocycles. The van der Waals surface area contributed by atoms with Gasteiger partial charge in [-0.15, -0.1) is 0 Å². The first-order chi connectivity index (χ1) is 25.7. The SMILES string of the molecule is Cc1c(C(O)NC2(C(F)F)CC2)cc(Nc2nc(-c3cnc4c(c3)N(C3CC(N5C[C@H]6CC[C@@H]5C6)C3)C(=O)C4(C)C)cc3ncn(C(C)C)c23)c(F)c1F. The van der Waals surface area contributed by atoms with Gasteiger partial charge in [-0.25, -0.2) is 27.5 Å². The number of piperidine rings is 1. The average molecular weight is 747 g/mol. The summed E-state index contributed by atoms with van der Waals surface area (Å²) in [5.41, 5.74) is 0.655. The Hall–Kier alpha value is -4.14. The van der Waals surface area contributed by atoms with Crippen LogP contribution in [0.3, 0.4) is 0 Å². The number of imidazole rings is 1. The number of aromatic nitrogens is 4. The van der Waals surface area contributed by atoms with Gasteiger partial charge in [0, 0.05) is 48.0 Å². The average Bonchev–Trinajstić information content (AvgIpc) is 3.40. The molecule has 54 heavy (non-hydrogen) atoms. The molecule has 5 aliphatic rings. The lowest BCUT2D eigenvalue weighted by Gasteiger charge is -2.48. The number of anilines is 3. The fourth-order valence-electron chi connectivity index (χ4n) is 9.42. The van der Waals surface area contributed by atoms with Crippen LogP contribution in [0.1, 0.15) is 102 Å². The lowest BCUT2D eigenvalue weighted by Crippen LogP contribution is -2.57. The Kier molecular flexibility index (Phi) is 8.19. The number of aliphatic hydroxyl groups excluding tert-OH is 1. The van der Waals surface area contributed by atoms with Gasteiger partial charge < -0.3 is 19.9 Å². The van der Waals surface area contributed by atoms with Crippen LogP contribution in [0.4, 0.5) is 34.8 Å². The Morgan fingerprint density at radius 1 is 0.981 bits per heavy atom. The lowest BCUT2D eigenvalue weighted by atomic mass is 9.82. The van der Waals surface area contributed by atoms with E-state index in [0.717, 1.165) is 31.0 Å². The molecule has 3 atom stereocenters. The van der Waals surface area contributed by atoms with Crippen LogP contribution in [0, 0.1) is 24.5 Å². The molecule has 3 N–H and O–H groups in total. The van der Waals surface area contributed by atoms with Gasteiger partial charge in [0.1, 0.15) is 11.7 Å². The minimum Gasteiger partial charge on any atom is -0.374 e. The topological polar surface area (TPSA) is 111 Å². The largest absolute Gasteiger partial charge is 0.374 e. The van der Waals surface area contributed by atoms with E-state index in [2.05, 4.69) is 20.5 Å². The van der Waals surface area contributed by atoms with Crippen molar-refractivity contribution >= 4 is 34.1 Å². The maximum absolute atomic E-state index is 15.7. The summed E-state index contributed by atoms with van der Waals surface area (Å²) in [6.07, 6.45) is 5.00. The summed E-state index contributed by atoms with van der Waals surface area (Å²) < 4.78 is 60.4. The molecule has 2 aliphatic heterocycles. The van der Waals surface area contributed by atoms with Gasteiger partial charge in [-0.1, -0.05) is 0 Å². The number of alkyl halides is 2. The standard InChI is InChI=1S/C40H46F4N8O2/c1-19(2)51-18-46-29-15-27(47-35(33(29)51)48-28-14-26(20(3)31(41)32(28)42)36(53)49-40(8-9-40)37(43)44)22-11-30-34(45-16-22)39(4,5)38(54)52(30)25-12-24(13-25)50-17-21-6-7-23(50)10-21/h11,14-16,18-19,21,23-25,36-37,49,53H,6-10,12-13,17H2,1-5H3,(H,47,48)/t21-,23+,24?,25?,36?/m0/s1. The second kappa shape index (κ2) is 12.4. The van der Waals surface area contributed by atoms with Gasteiger partial charge >= 0.3 is 0 Å². The normalized spacial score (nSPS) is 25.9. The molecule has 286 valence electrons. The fraction of sp³-hybridized carbons (Fsp3) is 0.550. The fourth-order valence-corrected chi connectivity index (χ4v) is 9.42. The first-order valence-electron chi connectivity index (χ1n) is 19.1. The number of benzene rings is 1. The van der Waals surface area contributed by atoms with Gasteiger partial charge in [0.25, 0.3) is 6.43 Å². The third-order valence-electron chi connectivity index (χ3n) is 12.9. The molecule has 3 saturated carbocycles. The van der Waals surface area contributed by atoms with Gasteiger partial charge in [0.2, 0.25) is 5.91 Å². The predicted octanol–water partition coefficient (Wildman–Crippen LogP) is 7.42. The first kappa shape index (κ1) is 35.6. The van der Waals surface area contributed by atoms with Crippen LogP contribution in [0.2, 0.25) is 0 Å². The molecular formula is C40H46F4N8O2. The van der Waals surface area contributed by atoms with Crippen LogP contribution in [-0.2, 0) is 10.2 Å². The van der Waals surface area contributed by atoms with E-state index in [4.69, 9.17) is 9.97 Å². The highest BCUT2D eigenvalue weighted by Crippen LogP contribution is 2.49. The smallest absolute Gasteiger partial charge is 0.256 e. The second-order valence-electron chi connectivity index (χ2n) is 17.1. The summed E-state index contributed by atoms with van der Waals surface area (Å²) >= 11 is 0. The van der Waals surface area contributed by atoms with Crippen LogP contribution in [0.5, 0.6) is 0 Å². The number of hydrogen-bond acceptors (Lipinski definition) is 8. The van der Waals surface area contributed by atoms with Crippen molar-refractivity contribution in [1.29, 1.82) is 0 Å².